The molecule has 0 amide bonds. The molecule has 4 rings (SSSR count). The molecule has 0 aliphatic heterocycles. The summed E-state index contributed by atoms with van der Waals surface area (Å²) in [6.45, 7) is 0.581. The fraction of sp³-hybridized carbons (Fsp3) is 0.111. The van der Waals surface area contributed by atoms with Crippen molar-refractivity contribution in [1.82, 2.24) is 20.2 Å². The van der Waals surface area contributed by atoms with Crippen LogP contribution in [-0.4, -0.2) is 20.2 Å². The number of hydrogen-bond donors (Lipinski definition) is 3. The van der Waals surface area contributed by atoms with Crippen LogP contribution in [0.3, 0.4) is 0 Å². The molecule has 3 heterocycles. The number of hydrogen-bond acceptors (Lipinski definition) is 3. The largest absolute Gasteiger partial charge is 0.365 e. The summed E-state index contributed by atoms with van der Waals surface area (Å²) in [6.07, 6.45) is 4.24. The lowest BCUT2D eigenvalue weighted by molar-refractivity contribution is 0.627. The van der Waals surface area contributed by atoms with E-state index in [2.05, 4.69) is 25.5 Å². The fourth-order valence-electron chi connectivity index (χ4n) is 2.72. The maximum absolute atomic E-state index is 12.9. The van der Waals surface area contributed by atoms with E-state index in [0.29, 0.717) is 18.0 Å². The molecule has 0 atom stereocenters. The van der Waals surface area contributed by atoms with Gasteiger partial charge in [0.05, 0.1) is 5.02 Å². The maximum Gasteiger partial charge on any atom is 0.148 e. The summed E-state index contributed by atoms with van der Waals surface area (Å²) >= 11 is 6.03. The van der Waals surface area contributed by atoms with Crippen LogP contribution < -0.4 is 5.32 Å². The lowest BCUT2D eigenvalue weighted by Crippen LogP contribution is -1.99. The molecule has 4 aromatic rings. The molecule has 0 saturated heterocycles. The van der Waals surface area contributed by atoms with Gasteiger partial charge >= 0.3 is 0 Å². The van der Waals surface area contributed by atoms with E-state index in [1.165, 1.54) is 12.1 Å². The molecule has 0 fully saturated rings. The van der Waals surface area contributed by atoms with Crippen molar-refractivity contribution >= 4 is 28.5 Å². The lowest BCUT2D eigenvalue weighted by Gasteiger charge is -2.02. The first-order valence-electron chi connectivity index (χ1n) is 7.81. The molecular formula is C18H15ClFN5. The van der Waals surface area contributed by atoms with Gasteiger partial charge in [-0.15, -0.1) is 0 Å². The molecule has 7 heteroatoms. The van der Waals surface area contributed by atoms with Crippen LogP contribution in [-0.2, 0) is 13.0 Å². The first-order chi connectivity index (χ1) is 12.2. The monoisotopic (exact) mass is 355 g/mol. The van der Waals surface area contributed by atoms with E-state index < -0.39 is 0 Å². The molecule has 0 bridgehead atoms. The topological polar surface area (TPSA) is 69.4 Å². The maximum atomic E-state index is 12.9. The van der Waals surface area contributed by atoms with E-state index in [0.717, 1.165) is 33.7 Å². The van der Waals surface area contributed by atoms with Gasteiger partial charge in [-0.2, -0.15) is 5.10 Å². The lowest BCUT2D eigenvalue weighted by atomic mass is 10.1. The summed E-state index contributed by atoms with van der Waals surface area (Å²) in [7, 11) is 0. The number of rotatable bonds is 5. The SMILES string of the molecule is Fc1ccc(CNc2cc(Cc3c[nH]c4ncc(Cl)cc34)[nH]n2)cc1. The standard InChI is InChI=1S/C18H15ClFN5/c19-13-6-16-12(9-22-18(16)23-10-13)5-15-7-17(25-24-15)21-8-11-1-3-14(20)4-2-11/h1-4,6-7,9-10H,5,8H2,(H,22,23)(H2,21,24,25). The number of halogens is 2. The van der Waals surface area contributed by atoms with Gasteiger partial charge in [0.2, 0.25) is 0 Å². The number of nitrogens with zero attached hydrogens (tertiary/aromatic N) is 2. The Morgan fingerprint density at radius 3 is 2.84 bits per heavy atom. The van der Waals surface area contributed by atoms with Gasteiger partial charge < -0.3 is 10.3 Å². The van der Waals surface area contributed by atoms with Gasteiger partial charge in [0.25, 0.3) is 0 Å². The summed E-state index contributed by atoms with van der Waals surface area (Å²) in [5.41, 5.74) is 3.87. The van der Waals surface area contributed by atoms with Gasteiger partial charge in [0, 0.05) is 42.5 Å². The first kappa shape index (κ1) is 15.7. The van der Waals surface area contributed by atoms with Crippen molar-refractivity contribution in [2.75, 3.05) is 5.32 Å². The molecule has 0 saturated carbocycles. The molecule has 3 aromatic heterocycles. The van der Waals surface area contributed by atoms with Crippen LogP contribution in [0, 0.1) is 5.82 Å². The van der Waals surface area contributed by atoms with Gasteiger partial charge in [-0.05, 0) is 29.3 Å². The predicted octanol–water partition coefficient (Wildman–Crippen LogP) is 4.28. The third kappa shape index (κ3) is 3.49. The number of nitrogens with one attached hydrogen (secondary N) is 3. The second kappa shape index (κ2) is 6.57. The summed E-state index contributed by atoms with van der Waals surface area (Å²) in [5, 5.41) is 12.1. The minimum Gasteiger partial charge on any atom is -0.365 e. The van der Waals surface area contributed by atoms with Crippen molar-refractivity contribution in [2.45, 2.75) is 13.0 Å². The Balaban J connectivity index is 1.45. The van der Waals surface area contributed by atoms with Crippen molar-refractivity contribution in [3.8, 4) is 0 Å². The number of fused-ring (bicyclic) bond motifs is 1. The third-order valence-electron chi connectivity index (χ3n) is 3.98. The summed E-state index contributed by atoms with van der Waals surface area (Å²) < 4.78 is 12.9. The first-order valence-corrected chi connectivity index (χ1v) is 8.19. The van der Waals surface area contributed by atoms with Gasteiger partial charge in [0.15, 0.2) is 0 Å². The highest BCUT2D eigenvalue weighted by Crippen LogP contribution is 2.22. The molecule has 25 heavy (non-hydrogen) atoms. The van der Waals surface area contributed by atoms with Crippen LogP contribution in [0.1, 0.15) is 16.8 Å². The number of H-pyrrole nitrogens is 2. The summed E-state index contributed by atoms with van der Waals surface area (Å²) in [5.74, 6) is 0.509. The zero-order valence-corrected chi connectivity index (χ0v) is 13.9. The Hall–Kier alpha value is -2.86. The molecule has 0 spiro atoms. The molecule has 1 aromatic carbocycles. The van der Waals surface area contributed by atoms with Gasteiger partial charge in [-0.1, -0.05) is 23.7 Å². The molecular weight excluding hydrogens is 341 g/mol. The Morgan fingerprint density at radius 1 is 1.16 bits per heavy atom. The highest BCUT2D eigenvalue weighted by atomic mass is 35.5. The molecule has 0 unspecified atom stereocenters. The number of benzene rings is 1. The quantitative estimate of drug-likeness (QED) is 0.500. The zero-order valence-electron chi connectivity index (χ0n) is 13.2. The summed E-state index contributed by atoms with van der Waals surface area (Å²) in [4.78, 5) is 7.41. The van der Waals surface area contributed by atoms with Crippen molar-refractivity contribution in [2.24, 2.45) is 0 Å². The minimum absolute atomic E-state index is 0.237. The Kier molecular flexibility index (Phi) is 4.11. The van der Waals surface area contributed by atoms with E-state index in [4.69, 9.17) is 11.6 Å². The van der Waals surface area contributed by atoms with E-state index >= 15 is 0 Å². The van der Waals surface area contributed by atoms with Crippen LogP contribution in [0.15, 0.2) is 48.8 Å². The highest BCUT2D eigenvalue weighted by Gasteiger charge is 2.08. The molecule has 126 valence electrons. The Labute approximate surface area is 148 Å². The van der Waals surface area contributed by atoms with Gasteiger partial charge in [-0.3, -0.25) is 5.10 Å². The minimum atomic E-state index is -0.237. The zero-order chi connectivity index (χ0) is 17.2. The van der Waals surface area contributed by atoms with Crippen molar-refractivity contribution in [3.63, 3.8) is 0 Å². The van der Waals surface area contributed by atoms with Crippen molar-refractivity contribution < 1.29 is 4.39 Å². The smallest absolute Gasteiger partial charge is 0.148 e. The van der Waals surface area contributed by atoms with Gasteiger partial charge in [0.1, 0.15) is 17.3 Å². The number of aromatic nitrogens is 4. The number of pyridine rings is 1. The average Bonchev–Trinajstić information content (AvgIpc) is 3.22. The molecule has 3 N–H and O–H groups in total. The number of aromatic amines is 2. The van der Waals surface area contributed by atoms with Gasteiger partial charge in [-0.25, -0.2) is 9.37 Å². The van der Waals surface area contributed by atoms with Crippen LogP contribution in [0.2, 0.25) is 5.02 Å². The van der Waals surface area contributed by atoms with Crippen LogP contribution in [0.25, 0.3) is 11.0 Å². The average molecular weight is 356 g/mol. The van der Waals surface area contributed by atoms with Crippen LogP contribution in [0.5, 0.6) is 0 Å². The van der Waals surface area contributed by atoms with E-state index in [-0.39, 0.29) is 5.82 Å². The second-order valence-electron chi connectivity index (χ2n) is 5.80. The molecule has 0 radical (unpaired) electrons. The normalized spacial score (nSPS) is 11.1. The third-order valence-corrected chi connectivity index (χ3v) is 4.19. The van der Waals surface area contributed by atoms with E-state index in [9.17, 15) is 4.39 Å². The van der Waals surface area contributed by atoms with Crippen LogP contribution in [0.4, 0.5) is 10.2 Å². The molecule has 0 aliphatic rings. The fourth-order valence-corrected chi connectivity index (χ4v) is 2.88. The van der Waals surface area contributed by atoms with Crippen LogP contribution >= 0.6 is 11.6 Å². The molecule has 5 nitrogen and oxygen atoms in total. The molecule has 0 aliphatic carbocycles. The van der Waals surface area contributed by atoms with Crippen molar-refractivity contribution in [3.05, 3.63) is 76.5 Å². The predicted molar refractivity (Wildman–Crippen MR) is 96.2 cm³/mol. The van der Waals surface area contributed by atoms with E-state index in [1.807, 2.05) is 18.3 Å². The Morgan fingerprint density at radius 2 is 2.00 bits per heavy atom. The second-order valence-corrected chi connectivity index (χ2v) is 6.24. The van der Waals surface area contributed by atoms with E-state index in [1.54, 1.807) is 18.3 Å². The summed E-state index contributed by atoms with van der Waals surface area (Å²) in [6, 6.07) is 10.3. The highest BCUT2D eigenvalue weighted by molar-refractivity contribution is 6.31. The Bertz CT molecular complexity index is 1010. The van der Waals surface area contributed by atoms with Crippen molar-refractivity contribution in [1.29, 1.82) is 0 Å². The number of anilines is 1.